The summed E-state index contributed by atoms with van der Waals surface area (Å²) in [5.41, 5.74) is 0.526. The Kier molecular flexibility index (Phi) is 11.3. The Morgan fingerprint density at radius 1 is 1.03 bits per heavy atom. The summed E-state index contributed by atoms with van der Waals surface area (Å²) in [5, 5.41) is 12.5. The van der Waals surface area contributed by atoms with Gasteiger partial charge in [-0.25, -0.2) is 9.18 Å². The molecule has 3 rings (SSSR count). The smallest absolute Gasteiger partial charge is 0.407 e. The third-order valence-electron chi connectivity index (χ3n) is 6.27. The highest BCUT2D eigenvalue weighted by Gasteiger charge is 2.19. The minimum absolute atomic E-state index is 0.0273. The van der Waals surface area contributed by atoms with Gasteiger partial charge in [0.25, 0.3) is 0 Å². The molecule has 0 aliphatic carbocycles. The minimum Gasteiger partial charge on any atom is -0.465 e. The van der Waals surface area contributed by atoms with Crippen LogP contribution in [0.4, 0.5) is 9.18 Å². The molecular formula is C27H33ClFN3O5. The highest BCUT2D eigenvalue weighted by Crippen LogP contribution is 2.21. The van der Waals surface area contributed by atoms with E-state index in [-0.39, 0.29) is 30.8 Å². The molecule has 0 spiro atoms. The Hall–Kier alpha value is -3.01. The molecule has 0 atom stereocenters. The zero-order chi connectivity index (χ0) is 26.6. The minimum atomic E-state index is -1.16. The molecule has 10 heteroatoms. The lowest BCUT2D eigenvalue weighted by atomic mass is 9.98. The number of nitrogens with zero attached hydrogens (tertiary/aromatic N) is 2. The van der Waals surface area contributed by atoms with Crippen molar-refractivity contribution in [3.05, 3.63) is 70.0 Å². The molecule has 1 heterocycles. The zero-order valence-electron chi connectivity index (χ0n) is 20.8. The first-order valence-electron chi connectivity index (χ1n) is 12.5. The molecular weight excluding hydrogens is 501 g/mol. The van der Waals surface area contributed by atoms with Crippen LogP contribution >= 0.6 is 11.6 Å². The maximum absolute atomic E-state index is 14.2. The maximum Gasteiger partial charge on any atom is 0.407 e. The van der Waals surface area contributed by atoms with Gasteiger partial charge in [0, 0.05) is 36.8 Å². The van der Waals surface area contributed by atoms with E-state index in [1.807, 2.05) is 0 Å². The second-order valence-corrected chi connectivity index (χ2v) is 9.40. The summed E-state index contributed by atoms with van der Waals surface area (Å²) in [6.07, 6.45) is 2.42. The number of carboxylic acid groups (broad SMARTS) is 1. The highest BCUT2D eigenvalue weighted by molar-refractivity contribution is 6.31. The van der Waals surface area contributed by atoms with Crippen LogP contribution < -0.4 is 5.32 Å². The topological polar surface area (TPSA) is 99.2 Å². The molecule has 1 aliphatic heterocycles. The fraction of sp³-hybridized carbons (Fsp3) is 0.444. The van der Waals surface area contributed by atoms with Gasteiger partial charge in [-0.3, -0.25) is 19.4 Å². The van der Waals surface area contributed by atoms with Crippen LogP contribution in [0.25, 0.3) is 0 Å². The van der Waals surface area contributed by atoms with Crippen molar-refractivity contribution in [1.29, 1.82) is 0 Å². The van der Waals surface area contributed by atoms with E-state index in [9.17, 15) is 23.9 Å². The predicted octanol–water partition coefficient (Wildman–Crippen LogP) is 4.20. The molecule has 2 amide bonds. The number of nitrogens with one attached hydrogen (secondary N) is 1. The van der Waals surface area contributed by atoms with Crippen molar-refractivity contribution >= 4 is 29.4 Å². The summed E-state index contributed by atoms with van der Waals surface area (Å²) in [4.78, 5) is 40.5. The maximum atomic E-state index is 14.2. The van der Waals surface area contributed by atoms with Crippen LogP contribution in [0.3, 0.4) is 0 Å². The zero-order valence-corrected chi connectivity index (χ0v) is 21.5. The molecule has 0 saturated carbocycles. The Morgan fingerprint density at radius 3 is 2.49 bits per heavy atom. The summed E-state index contributed by atoms with van der Waals surface area (Å²) in [6.45, 7) is 4.40. The number of amides is 2. The molecule has 1 aliphatic rings. The van der Waals surface area contributed by atoms with E-state index in [4.69, 9.17) is 16.3 Å². The number of morpholine rings is 1. The van der Waals surface area contributed by atoms with E-state index >= 15 is 0 Å². The van der Waals surface area contributed by atoms with E-state index in [0.717, 1.165) is 57.0 Å². The van der Waals surface area contributed by atoms with Crippen molar-refractivity contribution in [1.82, 2.24) is 15.1 Å². The molecule has 2 aromatic carbocycles. The second-order valence-electron chi connectivity index (χ2n) is 8.96. The fourth-order valence-corrected chi connectivity index (χ4v) is 4.36. The van der Waals surface area contributed by atoms with Crippen LogP contribution in [0.15, 0.2) is 42.5 Å². The molecule has 1 saturated heterocycles. The molecule has 2 N–H and O–H groups in total. The number of hydrogen-bond donors (Lipinski definition) is 2. The van der Waals surface area contributed by atoms with Gasteiger partial charge in [-0.05, 0) is 49.2 Å². The van der Waals surface area contributed by atoms with Crippen LogP contribution in [0.5, 0.6) is 0 Å². The molecule has 8 nitrogen and oxygen atoms in total. The number of halogens is 2. The van der Waals surface area contributed by atoms with Gasteiger partial charge in [0.1, 0.15) is 12.4 Å². The van der Waals surface area contributed by atoms with E-state index < -0.39 is 23.6 Å². The van der Waals surface area contributed by atoms with Gasteiger partial charge in [-0.1, -0.05) is 42.6 Å². The van der Waals surface area contributed by atoms with Gasteiger partial charge in [0.05, 0.1) is 18.8 Å². The number of benzene rings is 2. The Morgan fingerprint density at radius 2 is 1.76 bits per heavy atom. The van der Waals surface area contributed by atoms with Crippen LogP contribution in [0.2, 0.25) is 5.02 Å². The van der Waals surface area contributed by atoms with Crippen LogP contribution in [-0.4, -0.2) is 78.6 Å². The number of ether oxygens (including phenoxy) is 1. The first-order valence-corrected chi connectivity index (χ1v) is 12.9. The first kappa shape index (κ1) is 28.6. The van der Waals surface area contributed by atoms with Gasteiger partial charge >= 0.3 is 6.09 Å². The van der Waals surface area contributed by atoms with E-state index in [2.05, 4.69) is 10.2 Å². The van der Waals surface area contributed by atoms with Gasteiger partial charge in [-0.2, -0.15) is 0 Å². The standard InChI is InChI=1S/C27H33ClFN3O5/c28-21-10-9-20(23(17-21)26(34)22-7-3-4-8-24(22)29)18-30-25(33)19-32(27(35)36)12-6-2-1-5-11-31-13-15-37-16-14-31/h3-4,7-10,17H,1-2,5-6,11-16,18-19H2,(H,30,33)(H,35,36). The molecule has 0 radical (unpaired) electrons. The molecule has 2 aromatic rings. The van der Waals surface area contributed by atoms with Crippen molar-refractivity contribution in [2.75, 3.05) is 45.9 Å². The summed E-state index contributed by atoms with van der Waals surface area (Å²) in [6, 6.07) is 10.2. The largest absolute Gasteiger partial charge is 0.465 e. The van der Waals surface area contributed by atoms with Gasteiger partial charge < -0.3 is 15.2 Å². The molecule has 1 fully saturated rings. The first-order chi connectivity index (χ1) is 17.8. The van der Waals surface area contributed by atoms with Crippen LogP contribution in [-0.2, 0) is 16.1 Å². The quantitative estimate of drug-likeness (QED) is 0.296. The monoisotopic (exact) mass is 533 g/mol. The lowest BCUT2D eigenvalue weighted by Crippen LogP contribution is -2.40. The van der Waals surface area contributed by atoms with E-state index in [0.29, 0.717) is 17.0 Å². The van der Waals surface area contributed by atoms with Crippen molar-refractivity contribution in [2.45, 2.75) is 32.2 Å². The number of unbranched alkanes of at least 4 members (excludes halogenated alkanes) is 3. The third kappa shape index (κ3) is 9.10. The highest BCUT2D eigenvalue weighted by atomic mass is 35.5. The van der Waals surface area contributed by atoms with Gasteiger partial charge in [0.2, 0.25) is 5.91 Å². The molecule has 37 heavy (non-hydrogen) atoms. The molecule has 200 valence electrons. The van der Waals surface area contributed by atoms with Crippen LogP contribution in [0.1, 0.15) is 47.2 Å². The lowest BCUT2D eigenvalue weighted by molar-refractivity contribution is -0.122. The predicted molar refractivity (Wildman–Crippen MR) is 138 cm³/mol. The van der Waals surface area contributed by atoms with Crippen LogP contribution in [0, 0.1) is 5.82 Å². The fourth-order valence-electron chi connectivity index (χ4n) is 4.19. The lowest BCUT2D eigenvalue weighted by Gasteiger charge is -2.26. The molecule has 0 bridgehead atoms. The normalized spacial score (nSPS) is 13.8. The van der Waals surface area contributed by atoms with E-state index in [1.54, 1.807) is 18.2 Å². The number of rotatable bonds is 13. The number of carbonyl (C=O) groups excluding carboxylic acids is 2. The van der Waals surface area contributed by atoms with Crippen molar-refractivity contribution < 1.29 is 28.6 Å². The number of hydrogen-bond acceptors (Lipinski definition) is 5. The van der Waals surface area contributed by atoms with Crippen molar-refractivity contribution in [3.8, 4) is 0 Å². The summed E-state index contributed by atoms with van der Waals surface area (Å²) < 4.78 is 19.5. The average Bonchev–Trinajstić information content (AvgIpc) is 2.89. The Labute approximate surface area is 221 Å². The van der Waals surface area contributed by atoms with Gasteiger partial charge in [0.15, 0.2) is 5.78 Å². The van der Waals surface area contributed by atoms with Crippen molar-refractivity contribution in [3.63, 3.8) is 0 Å². The molecule has 0 aromatic heterocycles. The summed E-state index contributed by atoms with van der Waals surface area (Å²) >= 11 is 6.06. The van der Waals surface area contributed by atoms with Gasteiger partial charge in [-0.15, -0.1) is 0 Å². The number of ketones is 1. The average molecular weight is 534 g/mol. The summed E-state index contributed by atoms with van der Waals surface area (Å²) in [5.74, 6) is -1.69. The summed E-state index contributed by atoms with van der Waals surface area (Å²) in [7, 11) is 0. The Bertz CT molecular complexity index is 1080. The number of carbonyl (C=O) groups is 3. The SMILES string of the molecule is O=C(CN(CCCCCCN1CCOCC1)C(=O)O)NCc1ccc(Cl)cc1C(=O)c1ccccc1F. The second kappa shape index (κ2) is 14.7. The molecule has 0 unspecified atom stereocenters. The third-order valence-corrected chi connectivity index (χ3v) is 6.51. The van der Waals surface area contributed by atoms with Crippen molar-refractivity contribution in [2.24, 2.45) is 0 Å². The van der Waals surface area contributed by atoms with E-state index in [1.165, 1.54) is 24.3 Å². The Balaban J connectivity index is 1.47.